The Labute approximate surface area is 224 Å². The number of carboxylic acid groups (broad SMARTS) is 2. The predicted molar refractivity (Wildman–Crippen MR) is 148 cm³/mol. The molecular weight excluding hydrogens is 502 g/mol. The molecule has 0 aliphatic rings. The zero-order valence-corrected chi connectivity index (χ0v) is 23.2. The van der Waals surface area contributed by atoms with Crippen molar-refractivity contribution < 1.29 is 29.4 Å². The summed E-state index contributed by atoms with van der Waals surface area (Å²) in [6.07, 6.45) is 12.5. The fraction of sp³-hybridized carbons (Fsp3) is 0.840. The van der Waals surface area contributed by atoms with Crippen LogP contribution in [0.4, 0.5) is 0 Å². The Kier molecular flexibility index (Phi) is 23.2. The number of unbranched alkanes of at least 4 members (excludes halogenated alkanes) is 10. The van der Waals surface area contributed by atoms with E-state index < -0.39 is 23.9 Å². The van der Waals surface area contributed by atoms with Crippen LogP contribution in [0.2, 0.25) is 0 Å². The molecule has 0 aromatic carbocycles. The Morgan fingerprint density at radius 1 is 0.639 bits per heavy atom. The summed E-state index contributed by atoms with van der Waals surface area (Å²) in [6, 6.07) is -1.03. The maximum atomic E-state index is 12.2. The summed E-state index contributed by atoms with van der Waals surface area (Å²) >= 11 is 0. The van der Waals surface area contributed by atoms with E-state index in [0.29, 0.717) is 25.9 Å². The molecule has 0 fully saturated rings. The molecule has 1 amide bonds. The maximum Gasteiger partial charge on any atom is 0.327 e. The summed E-state index contributed by atoms with van der Waals surface area (Å²) in [6.45, 7) is 1.40. The average Bonchev–Trinajstić information content (AvgIpc) is 2.83. The molecular formula is C25H47N3O6S2. The first kappa shape index (κ1) is 34.7. The Morgan fingerprint density at radius 2 is 1.11 bits per heavy atom. The Bertz CT molecular complexity index is 573. The molecule has 0 aromatic rings. The monoisotopic (exact) mass is 549 g/mol. The van der Waals surface area contributed by atoms with E-state index >= 15 is 0 Å². The number of nitrogens with one attached hydrogen (secondary N) is 1. The van der Waals surface area contributed by atoms with Crippen LogP contribution in [0.25, 0.3) is 0 Å². The third kappa shape index (κ3) is 20.8. The van der Waals surface area contributed by atoms with E-state index in [4.69, 9.17) is 11.5 Å². The fourth-order valence-corrected chi connectivity index (χ4v) is 6.05. The molecule has 2 unspecified atom stereocenters. The third-order valence-electron chi connectivity index (χ3n) is 5.81. The van der Waals surface area contributed by atoms with Crippen molar-refractivity contribution in [1.82, 2.24) is 5.32 Å². The second kappa shape index (κ2) is 24.1. The van der Waals surface area contributed by atoms with Crippen molar-refractivity contribution in [3.8, 4) is 0 Å². The van der Waals surface area contributed by atoms with Gasteiger partial charge in [0, 0.05) is 30.8 Å². The van der Waals surface area contributed by atoms with E-state index in [9.17, 15) is 29.4 Å². The lowest BCUT2D eigenvalue weighted by Crippen LogP contribution is -2.42. The van der Waals surface area contributed by atoms with Gasteiger partial charge < -0.3 is 27.0 Å². The molecule has 0 heterocycles. The molecule has 0 aromatic heterocycles. The van der Waals surface area contributed by atoms with E-state index in [1.54, 1.807) is 0 Å². The quantitative estimate of drug-likeness (QED) is 0.0784. The van der Waals surface area contributed by atoms with Gasteiger partial charge in [0.25, 0.3) is 0 Å². The number of amides is 1. The van der Waals surface area contributed by atoms with E-state index in [-0.39, 0.29) is 36.0 Å². The largest absolute Gasteiger partial charge is 0.481 e. The van der Waals surface area contributed by atoms with E-state index in [1.165, 1.54) is 21.6 Å². The fourth-order valence-electron chi connectivity index (χ4n) is 3.59. The van der Waals surface area contributed by atoms with Crippen LogP contribution in [-0.2, 0) is 19.2 Å². The van der Waals surface area contributed by atoms with Gasteiger partial charge in [-0.05, 0) is 38.8 Å². The van der Waals surface area contributed by atoms with Crippen molar-refractivity contribution in [3.05, 3.63) is 0 Å². The summed E-state index contributed by atoms with van der Waals surface area (Å²) in [5.41, 5.74) is 10.9. The lowest BCUT2D eigenvalue weighted by atomic mass is 10.0. The highest BCUT2D eigenvalue weighted by Gasteiger charge is 2.23. The van der Waals surface area contributed by atoms with Crippen LogP contribution in [0.1, 0.15) is 96.3 Å². The zero-order valence-electron chi connectivity index (χ0n) is 21.6. The lowest BCUT2D eigenvalue weighted by Gasteiger charge is -2.15. The first-order chi connectivity index (χ1) is 17.3. The molecule has 0 aliphatic carbocycles. The number of rotatable bonds is 26. The minimum Gasteiger partial charge on any atom is -0.481 e. The summed E-state index contributed by atoms with van der Waals surface area (Å²) in [5, 5.41) is 21.4. The second-order valence-corrected chi connectivity index (χ2v) is 11.7. The Morgan fingerprint density at radius 3 is 1.61 bits per heavy atom. The summed E-state index contributed by atoms with van der Waals surface area (Å²) in [7, 11) is 2.43. The average molecular weight is 550 g/mol. The van der Waals surface area contributed by atoms with Gasteiger partial charge in [0.1, 0.15) is 11.8 Å². The van der Waals surface area contributed by atoms with Gasteiger partial charge >= 0.3 is 11.9 Å². The number of hydrogen-bond acceptors (Lipinski definition) is 8. The number of Topliss-reactive ketones (excluding diaryl/α,β-unsaturated/α-hetero) is 1. The first-order valence-corrected chi connectivity index (χ1v) is 15.7. The first-order valence-electron chi connectivity index (χ1n) is 13.2. The van der Waals surface area contributed by atoms with Gasteiger partial charge in [-0.2, -0.15) is 0 Å². The number of carbonyl (C=O) groups excluding carboxylic acids is 2. The van der Waals surface area contributed by atoms with E-state index in [2.05, 4.69) is 5.32 Å². The summed E-state index contributed by atoms with van der Waals surface area (Å²) < 4.78 is 0. The number of ketones is 1. The van der Waals surface area contributed by atoms with Crippen molar-refractivity contribution in [2.45, 2.75) is 102 Å². The molecule has 36 heavy (non-hydrogen) atoms. The Hall–Kier alpha value is -1.30. The number of carboxylic acids is 2. The molecule has 0 rings (SSSR count). The summed E-state index contributed by atoms with van der Waals surface area (Å²) in [5.74, 6) is -2.96. The van der Waals surface area contributed by atoms with Crippen molar-refractivity contribution in [2.75, 3.05) is 24.6 Å². The highest BCUT2D eigenvalue weighted by molar-refractivity contribution is 8.76. The normalized spacial score (nSPS) is 12.7. The highest BCUT2D eigenvalue weighted by atomic mass is 33.1. The topological polar surface area (TPSA) is 173 Å². The number of hydrogen-bond donors (Lipinski definition) is 5. The molecule has 0 radical (unpaired) electrons. The van der Waals surface area contributed by atoms with Crippen molar-refractivity contribution >= 4 is 45.2 Å². The highest BCUT2D eigenvalue weighted by Crippen LogP contribution is 2.27. The van der Waals surface area contributed by atoms with Crippen LogP contribution < -0.4 is 16.8 Å². The number of aliphatic carboxylic acids is 2. The van der Waals surface area contributed by atoms with Gasteiger partial charge in [0.05, 0.1) is 5.92 Å². The zero-order chi connectivity index (χ0) is 27.0. The smallest absolute Gasteiger partial charge is 0.327 e. The number of nitrogens with two attached hydrogens (primary N) is 2. The maximum absolute atomic E-state index is 12.2. The van der Waals surface area contributed by atoms with Gasteiger partial charge in [0.15, 0.2) is 0 Å². The predicted octanol–water partition coefficient (Wildman–Crippen LogP) is 3.98. The van der Waals surface area contributed by atoms with Gasteiger partial charge in [-0.25, -0.2) is 4.79 Å². The van der Waals surface area contributed by atoms with Gasteiger partial charge in [-0.3, -0.25) is 14.4 Å². The van der Waals surface area contributed by atoms with Gasteiger partial charge in [-0.15, -0.1) is 0 Å². The molecule has 7 N–H and O–H groups in total. The SMILES string of the molecule is NCCCCCCCCC(=O)CC(CSSCC(NC(=O)CCCCCCCCN)C(=O)O)C(=O)O. The van der Waals surface area contributed by atoms with Crippen molar-refractivity contribution in [2.24, 2.45) is 17.4 Å². The lowest BCUT2D eigenvalue weighted by molar-refractivity contribution is -0.143. The van der Waals surface area contributed by atoms with Crippen LogP contribution in [0, 0.1) is 5.92 Å². The van der Waals surface area contributed by atoms with Gasteiger partial charge in [-0.1, -0.05) is 73.0 Å². The van der Waals surface area contributed by atoms with Crippen LogP contribution in [0.15, 0.2) is 0 Å². The van der Waals surface area contributed by atoms with E-state index in [1.807, 2.05) is 0 Å². The standard InChI is InChI=1S/C25H47N3O6S2/c26-15-11-7-3-1-5-9-13-21(29)17-20(24(31)32)18-35-36-19-22(25(33)34)28-23(30)14-10-6-2-4-8-12-16-27/h20,22H,1-19,26-27H2,(H,28,30)(H,31,32)(H,33,34). The van der Waals surface area contributed by atoms with E-state index in [0.717, 1.165) is 70.6 Å². The molecule has 0 saturated carbocycles. The van der Waals surface area contributed by atoms with Crippen LogP contribution >= 0.6 is 21.6 Å². The Balaban J connectivity index is 4.14. The number of carbonyl (C=O) groups is 4. The van der Waals surface area contributed by atoms with Crippen LogP contribution in [0.5, 0.6) is 0 Å². The van der Waals surface area contributed by atoms with Crippen molar-refractivity contribution in [3.63, 3.8) is 0 Å². The molecule has 2 atom stereocenters. The third-order valence-corrected chi connectivity index (χ3v) is 8.30. The minimum absolute atomic E-state index is 0.0125. The van der Waals surface area contributed by atoms with Crippen LogP contribution in [0.3, 0.4) is 0 Å². The molecule has 0 spiro atoms. The van der Waals surface area contributed by atoms with Crippen LogP contribution in [-0.4, -0.2) is 64.5 Å². The summed E-state index contributed by atoms with van der Waals surface area (Å²) in [4.78, 5) is 47.3. The molecule has 0 aliphatic heterocycles. The molecule has 0 bridgehead atoms. The van der Waals surface area contributed by atoms with Gasteiger partial charge in [0.2, 0.25) is 5.91 Å². The minimum atomic E-state index is -1.12. The second-order valence-electron chi connectivity index (χ2n) is 9.13. The molecule has 0 saturated heterocycles. The molecule has 9 nitrogen and oxygen atoms in total. The molecule has 210 valence electrons. The molecule has 11 heteroatoms. The van der Waals surface area contributed by atoms with Crippen molar-refractivity contribution in [1.29, 1.82) is 0 Å².